The molecule has 1 atom stereocenters. The Labute approximate surface area is 111 Å². The molecule has 1 rings (SSSR count). The fraction of sp³-hybridized carbons (Fsp3) is 0.600. The molecule has 0 radical (unpaired) electrons. The minimum absolute atomic E-state index is 0.208. The minimum atomic E-state index is 0.208. The van der Waals surface area contributed by atoms with Gasteiger partial charge in [-0.15, -0.1) is 0 Å². The summed E-state index contributed by atoms with van der Waals surface area (Å²) in [6.45, 7) is 10.2. The Morgan fingerprint density at radius 1 is 1.17 bits per heavy atom. The van der Waals surface area contributed by atoms with Gasteiger partial charge in [0.1, 0.15) is 12.4 Å². The van der Waals surface area contributed by atoms with Crippen LogP contribution in [0, 0.1) is 0 Å². The lowest BCUT2D eigenvalue weighted by atomic mass is 10.1. The summed E-state index contributed by atoms with van der Waals surface area (Å²) in [5, 5.41) is 0. The zero-order valence-electron chi connectivity index (χ0n) is 11.9. The first-order valence-electron chi connectivity index (χ1n) is 6.85. The van der Waals surface area contributed by atoms with Crippen molar-refractivity contribution in [3.8, 4) is 5.75 Å². The largest absolute Gasteiger partial charge is 0.492 e. The van der Waals surface area contributed by atoms with Crippen LogP contribution in [0.15, 0.2) is 24.3 Å². The van der Waals surface area contributed by atoms with E-state index >= 15 is 0 Å². The summed E-state index contributed by atoms with van der Waals surface area (Å²) in [6, 6.07) is 8.45. The van der Waals surface area contributed by atoms with Crippen LogP contribution in [0.2, 0.25) is 0 Å². The predicted octanol–water partition coefficient (Wildman–Crippen LogP) is 2.30. The number of nitrogens with zero attached hydrogens (tertiary/aromatic N) is 1. The van der Waals surface area contributed by atoms with Crippen molar-refractivity contribution in [1.29, 1.82) is 0 Å². The second-order valence-corrected chi connectivity index (χ2v) is 4.70. The van der Waals surface area contributed by atoms with Crippen molar-refractivity contribution in [2.24, 2.45) is 5.73 Å². The molecule has 1 aromatic carbocycles. The minimum Gasteiger partial charge on any atom is -0.492 e. The smallest absolute Gasteiger partial charge is 0.119 e. The van der Waals surface area contributed by atoms with Gasteiger partial charge in [-0.1, -0.05) is 26.0 Å². The summed E-state index contributed by atoms with van der Waals surface area (Å²) in [6.07, 6.45) is 0.916. The van der Waals surface area contributed by atoms with Crippen molar-refractivity contribution < 1.29 is 4.74 Å². The topological polar surface area (TPSA) is 38.5 Å². The molecule has 0 aromatic heterocycles. The molecule has 0 aliphatic carbocycles. The van der Waals surface area contributed by atoms with Crippen LogP contribution in [0.25, 0.3) is 0 Å². The maximum Gasteiger partial charge on any atom is 0.119 e. The van der Waals surface area contributed by atoms with Crippen LogP contribution in [0.4, 0.5) is 0 Å². The Morgan fingerprint density at radius 3 is 2.28 bits per heavy atom. The molecule has 18 heavy (non-hydrogen) atoms. The molecule has 0 saturated heterocycles. The maximum absolute atomic E-state index is 5.77. The molecule has 102 valence electrons. The Balaban J connectivity index is 2.35. The van der Waals surface area contributed by atoms with E-state index in [0.29, 0.717) is 0 Å². The molecule has 0 bridgehead atoms. The molecule has 3 heteroatoms. The molecular weight excluding hydrogens is 224 g/mol. The molecule has 0 fully saturated rings. The van der Waals surface area contributed by atoms with Crippen LogP contribution in [-0.2, 0) is 6.42 Å². The van der Waals surface area contributed by atoms with E-state index < -0.39 is 0 Å². The Morgan fingerprint density at radius 2 is 1.78 bits per heavy atom. The first-order valence-corrected chi connectivity index (χ1v) is 6.85. The zero-order chi connectivity index (χ0) is 13.4. The monoisotopic (exact) mass is 250 g/mol. The van der Waals surface area contributed by atoms with E-state index in [2.05, 4.69) is 30.9 Å². The first-order chi connectivity index (χ1) is 8.65. The molecule has 0 amide bonds. The molecule has 0 heterocycles. The van der Waals surface area contributed by atoms with E-state index in [4.69, 9.17) is 10.5 Å². The number of likely N-dealkylation sites (N-methyl/N-ethyl adjacent to an activating group) is 1. The van der Waals surface area contributed by atoms with Crippen molar-refractivity contribution in [2.75, 3.05) is 26.2 Å². The number of hydrogen-bond acceptors (Lipinski definition) is 3. The summed E-state index contributed by atoms with van der Waals surface area (Å²) < 4.78 is 5.73. The summed E-state index contributed by atoms with van der Waals surface area (Å²) >= 11 is 0. The standard InChI is InChI=1S/C15H26N2O/c1-4-17(5-2)10-11-18-15-8-6-14(7-9-15)12-13(3)16/h6-9,13H,4-5,10-12,16H2,1-3H3. The Hall–Kier alpha value is -1.06. The Kier molecular flexibility index (Phi) is 6.76. The fourth-order valence-electron chi connectivity index (χ4n) is 1.93. The lowest BCUT2D eigenvalue weighted by molar-refractivity contribution is 0.223. The first kappa shape index (κ1) is 15.0. The van der Waals surface area contributed by atoms with Crippen molar-refractivity contribution in [3.05, 3.63) is 29.8 Å². The second-order valence-electron chi connectivity index (χ2n) is 4.70. The van der Waals surface area contributed by atoms with Gasteiger partial charge in [-0.05, 0) is 44.1 Å². The average Bonchev–Trinajstić information content (AvgIpc) is 2.36. The lowest BCUT2D eigenvalue weighted by Crippen LogP contribution is -2.27. The number of rotatable bonds is 8. The third kappa shape index (κ3) is 5.52. The highest BCUT2D eigenvalue weighted by molar-refractivity contribution is 5.27. The van der Waals surface area contributed by atoms with Gasteiger partial charge in [0, 0.05) is 12.6 Å². The van der Waals surface area contributed by atoms with Gasteiger partial charge in [-0.2, -0.15) is 0 Å². The van der Waals surface area contributed by atoms with Crippen LogP contribution in [0.5, 0.6) is 5.75 Å². The normalized spacial score (nSPS) is 12.7. The van der Waals surface area contributed by atoms with Gasteiger partial charge in [0.2, 0.25) is 0 Å². The third-order valence-corrected chi connectivity index (χ3v) is 3.05. The quantitative estimate of drug-likeness (QED) is 0.769. The number of hydrogen-bond donors (Lipinski definition) is 1. The van der Waals surface area contributed by atoms with E-state index in [9.17, 15) is 0 Å². The highest BCUT2D eigenvalue weighted by Crippen LogP contribution is 2.13. The van der Waals surface area contributed by atoms with E-state index in [1.54, 1.807) is 0 Å². The summed E-state index contributed by atoms with van der Waals surface area (Å²) in [7, 11) is 0. The van der Waals surface area contributed by atoms with E-state index in [-0.39, 0.29) is 6.04 Å². The molecule has 0 saturated carbocycles. The van der Waals surface area contributed by atoms with Gasteiger partial charge in [0.25, 0.3) is 0 Å². The maximum atomic E-state index is 5.77. The summed E-state index contributed by atoms with van der Waals surface area (Å²) in [5.41, 5.74) is 7.03. The average molecular weight is 250 g/mol. The lowest BCUT2D eigenvalue weighted by Gasteiger charge is -2.18. The van der Waals surface area contributed by atoms with Crippen molar-refractivity contribution >= 4 is 0 Å². The van der Waals surface area contributed by atoms with Crippen LogP contribution in [0.1, 0.15) is 26.3 Å². The molecular formula is C15H26N2O. The highest BCUT2D eigenvalue weighted by atomic mass is 16.5. The fourth-order valence-corrected chi connectivity index (χ4v) is 1.93. The third-order valence-electron chi connectivity index (χ3n) is 3.05. The molecule has 1 aromatic rings. The van der Waals surface area contributed by atoms with Crippen LogP contribution < -0.4 is 10.5 Å². The van der Waals surface area contributed by atoms with E-state index in [0.717, 1.165) is 38.4 Å². The highest BCUT2D eigenvalue weighted by Gasteiger charge is 2.01. The Bertz CT molecular complexity index is 318. The molecule has 0 aliphatic heterocycles. The van der Waals surface area contributed by atoms with Gasteiger partial charge in [0.05, 0.1) is 0 Å². The number of ether oxygens (including phenoxy) is 1. The van der Waals surface area contributed by atoms with Crippen LogP contribution >= 0.6 is 0 Å². The summed E-state index contributed by atoms with van der Waals surface area (Å²) in [5.74, 6) is 0.940. The van der Waals surface area contributed by atoms with Gasteiger partial charge < -0.3 is 15.4 Å². The van der Waals surface area contributed by atoms with Gasteiger partial charge in [0.15, 0.2) is 0 Å². The van der Waals surface area contributed by atoms with Crippen molar-refractivity contribution in [1.82, 2.24) is 4.90 Å². The van der Waals surface area contributed by atoms with Crippen molar-refractivity contribution in [2.45, 2.75) is 33.2 Å². The SMILES string of the molecule is CCN(CC)CCOc1ccc(CC(C)N)cc1. The molecule has 0 spiro atoms. The zero-order valence-corrected chi connectivity index (χ0v) is 11.9. The van der Waals surface area contributed by atoms with Crippen LogP contribution in [0.3, 0.4) is 0 Å². The molecule has 3 nitrogen and oxygen atoms in total. The van der Waals surface area contributed by atoms with Crippen LogP contribution in [-0.4, -0.2) is 37.2 Å². The second kappa shape index (κ2) is 8.11. The predicted molar refractivity (Wildman–Crippen MR) is 77.1 cm³/mol. The van der Waals surface area contributed by atoms with E-state index in [1.165, 1.54) is 5.56 Å². The number of benzene rings is 1. The van der Waals surface area contributed by atoms with Crippen molar-refractivity contribution in [3.63, 3.8) is 0 Å². The molecule has 0 aliphatic rings. The molecule has 1 unspecified atom stereocenters. The summed E-state index contributed by atoms with van der Waals surface area (Å²) in [4.78, 5) is 2.35. The van der Waals surface area contributed by atoms with Gasteiger partial charge >= 0.3 is 0 Å². The van der Waals surface area contributed by atoms with Gasteiger partial charge in [-0.3, -0.25) is 0 Å². The van der Waals surface area contributed by atoms with E-state index in [1.807, 2.05) is 19.1 Å². The molecule has 2 N–H and O–H groups in total. The van der Waals surface area contributed by atoms with Gasteiger partial charge in [-0.25, -0.2) is 0 Å². The number of nitrogens with two attached hydrogens (primary N) is 1.